The number of hydrogen-bond donors (Lipinski definition) is 0. The molecule has 16 heavy (non-hydrogen) atoms. The molecule has 0 amide bonds. The molecule has 0 aliphatic heterocycles. The second kappa shape index (κ2) is 11.2. The van der Waals surface area contributed by atoms with Gasteiger partial charge in [-0.2, -0.15) is 0 Å². The minimum Gasteiger partial charge on any atom is -0.303 e. The van der Waals surface area contributed by atoms with Crippen molar-refractivity contribution in [2.45, 2.75) is 78.6 Å². The average Bonchev–Trinajstić information content (AvgIpc) is 2.31. The Hall–Kier alpha value is -0.330. The lowest BCUT2D eigenvalue weighted by atomic mass is 9.89. The van der Waals surface area contributed by atoms with Crippen LogP contribution in [0.3, 0.4) is 0 Å². The first-order valence-electron chi connectivity index (χ1n) is 7.16. The summed E-state index contributed by atoms with van der Waals surface area (Å²) < 4.78 is 0. The maximum Gasteiger partial charge on any atom is 0.119 e. The molecule has 0 heterocycles. The summed E-state index contributed by atoms with van der Waals surface area (Å²) >= 11 is 0. The predicted molar refractivity (Wildman–Crippen MR) is 71.6 cm³/mol. The second-order valence-corrected chi connectivity index (χ2v) is 5.23. The van der Waals surface area contributed by atoms with Crippen LogP contribution < -0.4 is 0 Å². The Labute approximate surface area is 102 Å². The highest BCUT2D eigenvalue weighted by atomic mass is 16.1. The van der Waals surface area contributed by atoms with Crippen LogP contribution in [0.25, 0.3) is 0 Å². The summed E-state index contributed by atoms with van der Waals surface area (Å²) in [7, 11) is 0. The van der Waals surface area contributed by atoms with Gasteiger partial charge in [0.15, 0.2) is 0 Å². The van der Waals surface area contributed by atoms with Crippen molar-refractivity contribution in [2.75, 3.05) is 0 Å². The largest absolute Gasteiger partial charge is 0.303 e. The number of rotatable bonds is 11. The molecule has 0 spiro atoms. The first-order chi connectivity index (χ1) is 7.72. The lowest BCUT2D eigenvalue weighted by Gasteiger charge is -2.17. The Balaban J connectivity index is 3.17. The average molecular weight is 226 g/mol. The molecular weight excluding hydrogens is 196 g/mol. The second-order valence-electron chi connectivity index (χ2n) is 5.23. The zero-order valence-electron chi connectivity index (χ0n) is 11.5. The minimum atomic E-state index is 0.755. The maximum absolute atomic E-state index is 10.1. The zero-order chi connectivity index (χ0) is 12.2. The first kappa shape index (κ1) is 15.7. The first-order valence-corrected chi connectivity index (χ1v) is 7.16. The summed E-state index contributed by atoms with van der Waals surface area (Å²) in [5.41, 5.74) is 0. The van der Waals surface area contributed by atoms with E-state index in [9.17, 15) is 4.79 Å². The minimum absolute atomic E-state index is 0.755. The maximum atomic E-state index is 10.1. The van der Waals surface area contributed by atoms with E-state index in [0.29, 0.717) is 0 Å². The third kappa shape index (κ3) is 8.94. The van der Waals surface area contributed by atoms with Crippen molar-refractivity contribution in [3.05, 3.63) is 0 Å². The van der Waals surface area contributed by atoms with Crippen LogP contribution in [0.4, 0.5) is 0 Å². The van der Waals surface area contributed by atoms with Gasteiger partial charge < -0.3 is 4.79 Å². The molecule has 96 valence electrons. The van der Waals surface area contributed by atoms with E-state index in [1.807, 2.05) is 0 Å². The molecule has 0 radical (unpaired) electrons. The standard InChI is InChI=1S/C15H30O/c1-4-14(2)15(3)12-10-8-6-5-7-9-11-13-16/h13-15H,4-12H2,1-3H3. The van der Waals surface area contributed by atoms with E-state index in [0.717, 1.165) is 31.0 Å². The van der Waals surface area contributed by atoms with Crippen molar-refractivity contribution < 1.29 is 4.79 Å². The van der Waals surface area contributed by atoms with Gasteiger partial charge in [0, 0.05) is 6.42 Å². The Morgan fingerprint density at radius 1 is 0.875 bits per heavy atom. The molecule has 1 heteroatoms. The van der Waals surface area contributed by atoms with Crippen LogP contribution in [0.5, 0.6) is 0 Å². The van der Waals surface area contributed by atoms with Gasteiger partial charge in [0.2, 0.25) is 0 Å². The molecular formula is C15H30O. The molecule has 0 N–H and O–H groups in total. The highest BCUT2D eigenvalue weighted by Crippen LogP contribution is 2.21. The molecule has 0 saturated heterocycles. The van der Waals surface area contributed by atoms with E-state index < -0.39 is 0 Å². The number of hydrogen-bond acceptors (Lipinski definition) is 1. The van der Waals surface area contributed by atoms with Crippen LogP contribution in [-0.4, -0.2) is 6.29 Å². The number of carbonyl (C=O) groups excluding carboxylic acids is 1. The molecule has 0 aliphatic rings. The van der Waals surface area contributed by atoms with Gasteiger partial charge in [0.25, 0.3) is 0 Å². The van der Waals surface area contributed by atoms with Gasteiger partial charge in [-0.25, -0.2) is 0 Å². The van der Waals surface area contributed by atoms with Gasteiger partial charge >= 0.3 is 0 Å². The third-order valence-corrected chi connectivity index (χ3v) is 3.85. The van der Waals surface area contributed by atoms with E-state index in [1.54, 1.807) is 0 Å². The molecule has 0 aromatic rings. The summed E-state index contributed by atoms with van der Waals surface area (Å²) in [6, 6.07) is 0. The highest BCUT2D eigenvalue weighted by molar-refractivity contribution is 5.48. The lowest BCUT2D eigenvalue weighted by Crippen LogP contribution is -2.06. The highest BCUT2D eigenvalue weighted by Gasteiger charge is 2.08. The molecule has 2 unspecified atom stereocenters. The lowest BCUT2D eigenvalue weighted by molar-refractivity contribution is -0.107. The SMILES string of the molecule is CCC(C)C(C)CCCCCCCCC=O. The van der Waals surface area contributed by atoms with E-state index in [-0.39, 0.29) is 0 Å². The van der Waals surface area contributed by atoms with Gasteiger partial charge in [0.05, 0.1) is 0 Å². The van der Waals surface area contributed by atoms with Crippen LogP contribution in [0.2, 0.25) is 0 Å². The molecule has 0 bridgehead atoms. The Morgan fingerprint density at radius 2 is 1.44 bits per heavy atom. The smallest absolute Gasteiger partial charge is 0.119 e. The van der Waals surface area contributed by atoms with Crippen molar-refractivity contribution in [3.8, 4) is 0 Å². The molecule has 2 atom stereocenters. The summed E-state index contributed by atoms with van der Waals surface area (Å²) in [6.45, 7) is 7.04. The predicted octanol–water partition coefficient (Wildman–Crippen LogP) is 4.99. The van der Waals surface area contributed by atoms with E-state index in [1.165, 1.54) is 44.9 Å². The van der Waals surface area contributed by atoms with Gasteiger partial charge in [0.1, 0.15) is 6.29 Å². The summed E-state index contributed by atoms with van der Waals surface area (Å²) in [6.07, 6.45) is 12.3. The van der Waals surface area contributed by atoms with Gasteiger partial charge in [-0.15, -0.1) is 0 Å². The molecule has 0 aromatic heterocycles. The topological polar surface area (TPSA) is 17.1 Å². The van der Waals surface area contributed by atoms with Crippen molar-refractivity contribution in [1.29, 1.82) is 0 Å². The Morgan fingerprint density at radius 3 is 2.00 bits per heavy atom. The fraction of sp³-hybridized carbons (Fsp3) is 0.933. The normalized spacial score (nSPS) is 14.7. The quantitative estimate of drug-likeness (QED) is 0.358. The van der Waals surface area contributed by atoms with E-state index in [4.69, 9.17) is 0 Å². The zero-order valence-corrected chi connectivity index (χ0v) is 11.5. The summed E-state index contributed by atoms with van der Waals surface area (Å²) in [5, 5.41) is 0. The molecule has 0 aliphatic carbocycles. The van der Waals surface area contributed by atoms with Gasteiger partial charge in [-0.3, -0.25) is 0 Å². The fourth-order valence-corrected chi connectivity index (χ4v) is 2.09. The molecule has 0 fully saturated rings. The van der Waals surface area contributed by atoms with Crippen LogP contribution in [0, 0.1) is 11.8 Å². The molecule has 0 rings (SSSR count). The molecule has 0 saturated carbocycles. The molecule has 1 nitrogen and oxygen atoms in total. The van der Waals surface area contributed by atoms with E-state index >= 15 is 0 Å². The van der Waals surface area contributed by atoms with Crippen LogP contribution in [-0.2, 0) is 4.79 Å². The number of unbranched alkanes of at least 4 members (excludes halogenated alkanes) is 6. The van der Waals surface area contributed by atoms with Crippen molar-refractivity contribution in [3.63, 3.8) is 0 Å². The van der Waals surface area contributed by atoms with E-state index in [2.05, 4.69) is 20.8 Å². The fourth-order valence-electron chi connectivity index (χ4n) is 2.09. The Kier molecular flexibility index (Phi) is 10.9. The van der Waals surface area contributed by atoms with Crippen LogP contribution in [0.1, 0.15) is 78.6 Å². The third-order valence-electron chi connectivity index (χ3n) is 3.85. The number of carbonyl (C=O) groups is 1. The van der Waals surface area contributed by atoms with Crippen molar-refractivity contribution >= 4 is 6.29 Å². The van der Waals surface area contributed by atoms with Gasteiger partial charge in [-0.05, 0) is 18.3 Å². The van der Waals surface area contributed by atoms with Crippen LogP contribution >= 0.6 is 0 Å². The van der Waals surface area contributed by atoms with Gasteiger partial charge in [-0.1, -0.05) is 65.7 Å². The summed E-state index contributed by atoms with van der Waals surface area (Å²) in [5.74, 6) is 1.77. The summed E-state index contributed by atoms with van der Waals surface area (Å²) in [4.78, 5) is 10.1. The van der Waals surface area contributed by atoms with Crippen molar-refractivity contribution in [1.82, 2.24) is 0 Å². The monoisotopic (exact) mass is 226 g/mol. The Bertz CT molecular complexity index is 154. The van der Waals surface area contributed by atoms with Crippen LogP contribution in [0.15, 0.2) is 0 Å². The molecule has 0 aromatic carbocycles. The number of aldehydes is 1. The van der Waals surface area contributed by atoms with Crippen molar-refractivity contribution in [2.24, 2.45) is 11.8 Å².